The summed E-state index contributed by atoms with van der Waals surface area (Å²) in [4.78, 5) is 22.5. The molecule has 1 aliphatic heterocycles. The number of para-hydroxylation sites is 1. The lowest BCUT2D eigenvalue weighted by Gasteiger charge is -2.36. The maximum absolute atomic E-state index is 13.3. The molecule has 8 nitrogen and oxygen atoms in total. The van der Waals surface area contributed by atoms with Gasteiger partial charge in [0, 0.05) is 18.4 Å². The highest BCUT2D eigenvalue weighted by molar-refractivity contribution is 6.00. The minimum Gasteiger partial charge on any atom is -0.507 e. The molecule has 0 spiro atoms. The van der Waals surface area contributed by atoms with Crippen LogP contribution in [0.1, 0.15) is 43.9 Å². The van der Waals surface area contributed by atoms with Crippen LogP contribution in [-0.2, 0) is 4.79 Å². The molecule has 4 heterocycles. The lowest BCUT2D eigenvalue weighted by molar-refractivity contribution is -0.118. The molecule has 0 bridgehead atoms. The van der Waals surface area contributed by atoms with E-state index < -0.39 is 5.92 Å². The molecule has 1 N–H and O–H groups in total. The van der Waals surface area contributed by atoms with Crippen molar-refractivity contribution in [2.75, 3.05) is 0 Å². The Hall–Kier alpha value is -3.94. The molecule has 1 aliphatic carbocycles. The first kappa shape index (κ1) is 18.8. The van der Waals surface area contributed by atoms with E-state index in [1.807, 2.05) is 12.1 Å². The van der Waals surface area contributed by atoms with Crippen molar-refractivity contribution in [3.63, 3.8) is 0 Å². The van der Waals surface area contributed by atoms with Crippen molar-refractivity contribution in [2.24, 2.45) is 5.41 Å². The first-order valence-corrected chi connectivity index (χ1v) is 10.4. The molecule has 4 aromatic rings. The normalized spacial score (nSPS) is 19.6. The molecule has 8 heteroatoms. The topological polar surface area (TPSA) is 103 Å². The molecular formula is C24H20N4O4. The Morgan fingerprint density at radius 1 is 1.16 bits per heavy atom. The predicted octanol–water partition coefficient (Wildman–Crippen LogP) is 4.26. The van der Waals surface area contributed by atoms with Crippen LogP contribution in [-0.4, -0.2) is 30.5 Å². The molecule has 0 radical (unpaired) electrons. The highest BCUT2D eigenvalue weighted by atomic mass is 16.5. The Morgan fingerprint density at radius 2 is 2.00 bits per heavy atom. The lowest BCUT2D eigenvalue weighted by Crippen LogP contribution is -2.33. The van der Waals surface area contributed by atoms with E-state index in [-0.39, 0.29) is 16.9 Å². The summed E-state index contributed by atoms with van der Waals surface area (Å²) < 4.78 is 13.5. The van der Waals surface area contributed by atoms with Gasteiger partial charge in [-0.2, -0.15) is 0 Å². The van der Waals surface area contributed by atoms with Crippen LogP contribution in [0.4, 0.5) is 0 Å². The number of phenols is 1. The molecule has 2 aliphatic rings. The molecule has 0 unspecified atom stereocenters. The smallest absolute Gasteiger partial charge is 0.228 e. The summed E-state index contributed by atoms with van der Waals surface area (Å²) in [7, 11) is 0. The zero-order valence-electron chi connectivity index (χ0n) is 17.6. The van der Waals surface area contributed by atoms with Crippen LogP contribution in [0.2, 0.25) is 0 Å². The second-order valence-electron chi connectivity index (χ2n) is 9.01. The van der Waals surface area contributed by atoms with Gasteiger partial charge in [-0.1, -0.05) is 26.0 Å². The Kier molecular flexibility index (Phi) is 3.83. The van der Waals surface area contributed by atoms with Crippen molar-refractivity contribution in [1.29, 1.82) is 0 Å². The van der Waals surface area contributed by atoms with E-state index in [4.69, 9.17) is 14.1 Å². The molecule has 0 amide bonds. The molecular weight excluding hydrogens is 408 g/mol. The van der Waals surface area contributed by atoms with E-state index in [2.05, 4.69) is 23.9 Å². The van der Waals surface area contributed by atoms with Gasteiger partial charge in [0.05, 0.1) is 23.3 Å². The van der Waals surface area contributed by atoms with Gasteiger partial charge in [0.1, 0.15) is 23.6 Å². The number of carbonyl (C=O) groups is 1. The molecule has 0 saturated carbocycles. The van der Waals surface area contributed by atoms with Crippen molar-refractivity contribution in [3.05, 3.63) is 71.6 Å². The highest BCUT2D eigenvalue weighted by Crippen LogP contribution is 2.50. The number of Topliss-reactive ketones (excluding diaryl/α,β-unsaturated/α-hetero) is 1. The zero-order valence-corrected chi connectivity index (χ0v) is 17.6. The first-order chi connectivity index (χ1) is 15.4. The van der Waals surface area contributed by atoms with Crippen molar-refractivity contribution in [2.45, 2.75) is 32.6 Å². The minimum absolute atomic E-state index is 0.0331. The number of hydrogen-bond acceptors (Lipinski definition) is 7. The van der Waals surface area contributed by atoms with Gasteiger partial charge in [-0.15, -0.1) is 5.10 Å². The average molecular weight is 428 g/mol. The minimum atomic E-state index is -0.495. The number of phenolic OH excluding ortho intramolecular Hbond substituents is 1. The van der Waals surface area contributed by atoms with Gasteiger partial charge in [-0.05, 0) is 29.7 Å². The summed E-state index contributed by atoms with van der Waals surface area (Å²) in [6.45, 7) is 4.12. The molecule has 0 saturated heterocycles. The molecule has 0 fully saturated rings. The number of nitrogens with zero attached hydrogens (tertiary/aromatic N) is 4. The number of benzene rings is 1. The third kappa shape index (κ3) is 2.76. The van der Waals surface area contributed by atoms with Crippen LogP contribution >= 0.6 is 0 Å². The Morgan fingerprint density at radius 3 is 2.78 bits per heavy atom. The van der Waals surface area contributed by atoms with E-state index in [0.29, 0.717) is 58.4 Å². The molecule has 3 aromatic heterocycles. The zero-order chi connectivity index (χ0) is 22.0. The summed E-state index contributed by atoms with van der Waals surface area (Å²) in [6.07, 6.45) is 4.18. The number of fused-ring (bicyclic) bond motifs is 3. The Balaban J connectivity index is 1.60. The van der Waals surface area contributed by atoms with Gasteiger partial charge in [-0.25, -0.2) is 14.5 Å². The van der Waals surface area contributed by atoms with Crippen LogP contribution in [0.5, 0.6) is 11.6 Å². The van der Waals surface area contributed by atoms with E-state index in [0.717, 1.165) is 0 Å². The molecule has 160 valence electrons. The Labute approximate surface area is 183 Å². The van der Waals surface area contributed by atoms with Gasteiger partial charge in [0.25, 0.3) is 0 Å². The molecule has 1 atom stereocenters. The number of ketones is 1. The summed E-state index contributed by atoms with van der Waals surface area (Å²) in [5.41, 5.74) is 2.03. The van der Waals surface area contributed by atoms with Crippen LogP contribution in [0.25, 0.3) is 17.0 Å². The summed E-state index contributed by atoms with van der Waals surface area (Å²) in [5.74, 6) is 1.62. The fourth-order valence-corrected chi connectivity index (χ4v) is 4.66. The van der Waals surface area contributed by atoms with Crippen molar-refractivity contribution < 1.29 is 19.1 Å². The van der Waals surface area contributed by atoms with E-state index in [1.165, 1.54) is 6.33 Å². The standard InChI is InChI=1S/C24H20N4O4/c1-24(2)10-15(30)18-17(11-24)32-23-20(19(18)16-8-5-9-31-16)22-26-21(27-28(22)12-25-23)13-6-3-4-7-14(13)29/h3-9,12,19,29H,10-11H2,1-2H3/t19-/m0/s1. The van der Waals surface area contributed by atoms with Crippen molar-refractivity contribution in [1.82, 2.24) is 19.6 Å². The van der Waals surface area contributed by atoms with E-state index in [9.17, 15) is 9.90 Å². The quantitative estimate of drug-likeness (QED) is 0.509. The third-order valence-corrected chi connectivity index (χ3v) is 6.04. The van der Waals surface area contributed by atoms with Crippen molar-refractivity contribution in [3.8, 4) is 23.0 Å². The van der Waals surface area contributed by atoms with Gasteiger partial charge in [0.2, 0.25) is 5.88 Å². The fraction of sp³-hybridized carbons (Fsp3) is 0.250. The van der Waals surface area contributed by atoms with Gasteiger partial charge in [0.15, 0.2) is 17.3 Å². The van der Waals surface area contributed by atoms with Crippen LogP contribution < -0.4 is 4.74 Å². The monoisotopic (exact) mass is 428 g/mol. The lowest BCUT2D eigenvalue weighted by atomic mass is 9.71. The second kappa shape index (κ2) is 6.53. The highest BCUT2D eigenvalue weighted by Gasteiger charge is 2.45. The van der Waals surface area contributed by atoms with Crippen molar-refractivity contribution >= 4 is 11.4 Å². The predicted molar refractivity (Wildman–Crippen MR) is 114 cm³/mol. The van der Waals surface area contributed by atoms with E-state index >= 15 is 0 Å². The number of rotatable bonds is 2. The number of furan rings is 1. The number of ether oxygens (including phenoxy) is 1. The fourth-order valence-electron chi connectivity index (χ4n) is 4.66. The summed E-state index contributed by atoms with van der Waals surface area (Å²) in [5, 5.41) is 14.8. The van der Waals surface area contributed by atoms with E-state index in [1.54, 1.807) is 35.0 Å². The number of allylic oxidation sites excluding steroid dienone is 2. The van der Waals surface area contributed by atoms with Gasteiger partial charge < -0.3 is 14.3 Å². The maximum atomic E-state index is 13.3. The summed E-state index contributed by atoms with van der Waals surface area (Å²) >= 11 is 0. The number of aromatic hydroxyl groups is 1. The molecule has 6 rings (SSSR count). The number of aromatic nitrogens is 4. The molecule has 1 aromatic carbocycles. The largest absolute Gasteiger partial charge is 0.507 e. The van der Waals surface area contributed by atoms with Crippen LogP contribution in [0.3, 0.4) is 0 Å². The van der Waals surface area contributed by atoms with Crippen LogP contribution in [0.15, 0.2) is 64.7 Å². The van der Waals surface area contributed by atoms with Crippen LogP contribution in [0, 0.1) is 5.41 Å². The van der Waals surface area contributed by atoms with Gasteiger partial charge >= 0.3 is 0 Å². The first-order valence-electron chi connectivity index (χ1n) is 10.4. The average Bonchev–Trinajstić information content (AvgIpc) is 3.41. The Bertz CT molecular complexity index is 1420. The second-order valence-corrected chi connectivity index (χ2v) is 9.01. The third-order valence-electron chi connectivity index (χ3n) is 6.04. The van der Waals surface area contributed by atoms with Gasteiger partial charge in [-0.3, -0.25) is 4.79 Å². The number of hydrogen-bond donors (Lipinski definition) is 1. The SMILES string of the molecule is CC1(C)CC(=O)C2=C(C1)Oc1ncn3nc(-c4ccccc4O)nc3c1[C@H]2c1ccco1. The summed E-state index contributed by atoms with van der Waals surface area (Å²) in [6, 6.07) is 10.5. The maximum Gasteiger partial charge on any atom is 0.228 e. The molecule has 32 heavy (non-hydrogen) atoms. The number of carbonyl (C=O) groups excluding carboxylic acids is 1.